The first-order valence-corrected chi connectivity index (χ1v) is 13.2. The number of amides is 2. The van der Waals surface area contributed by atoms with Crippen LogP contribution in [0.4, 0.5) is 22.0 Å². The molecule has 0 fully saturated rings. The summed E-state index contributed by atoms with van der Waals surface area (Å²) in [4.78, 5) is 23.2. The molecule has 0 saturated heterocycles. The Morgan fingerprint density at radius 2 is 1.87 bits per heavy atom. The van der Waals surface area contributed by atoms with Crippen molar-refractivity contribution in [3.05, 3.63) is 90.6 Å². The van der Waals surface area contributed by atoms with Gasteiger partial charge in [0.15, 0.2) is 11.5 Å². The zero-order chi connectivity index (χ0) is 27.5. The van der Waals surface area contributed by atoms with Gasteiger partial charge in [0.1, 0.15) is 5.82 Å². The molecule has 0 saturated carbocycles. The van der Waals surface area contributed by atoms with Crippen LogP contribution in [0.2, 0.25) is 0 Å². The highest BCUT2D eigenvalue weighted by molar-refractivity contribution is 5.99. The van der Waals surface area contributed by atoms with Gasteiger partial charge in [-0.2, -0.15) is 0 Å². The van der Waals surface area contributed by atoms with Crippen LogP contribution in [-0.4, -0.2) is 40.8 Å². The van der Waals surface area contributed by atoms with Crippen LogP contribution in [0.15, 0.2) is 79.4 Å². The van der Waals surface area contributed by atoms with Gasteiger partial charge >= 0.3 is 6.03 Å². The number of aromatic nitrogens is 3. The normalized spacial score (nSPS) is 10.7. The fourth-order valence-electron chi connectivity index (χ4n) is 4.28. The molecule has 4 rings (SSSR count). The molecule has 2 aromatic heterocycles. The van der Waals surface area contributed by atoms with Crippen LogP contribution in [0.25, 0.3) is 0 Å². The number of methoxy groups -OCH3 is 1. The number of nitrogens with zero attached hydrogens (tertiary/aromatic N) is 4. The van der Waals surface area contributed by atoms with E-state index in [4.69, 9.17) is 15.2 Å². The number of aryl methyl sites for hydroxylation is 3. The SMILES string of the molecule is COc1cc(N(C(=O)NCCCn2cncc2C)c2ccccc2)ccc1OCCCCc1ccnc(N)c1. The average Bonchev–Trinajstić information content (AvgIpc) is 3.36. The number of benzene rings is 2. The van der Waals surface area contributed by atoms with E-state index in [9.17, 15) is 4.79 Å². The maximum Gasteiger partial charge on any atom is 0.326 e. The highest BCUT2D eigenvalue weighted by Gasteiger charge is 2.19. The number of para-hydroxylation sites is 1. The third kappa shape index (κ3) is 7.73. The first kappa shape index (κ1) is 27.5. The van der Waals surface area contributed by atoms with Gasteiger partial charge in [-0.1, -0.05) is 18.2 Å². The fraction of sp³-hybridized carbons (Fsp3) is 0.300. The molecule has 2 amide bonds. The van der Waals surface area contributed by atoms with Crippen molar-refractivity contribution in [2.24, 2.45) is 0 Å². The lowest BCUT2D eigenvalue weighted by Gasteiger charge is -2.24. The van der Waals surface area contributed by atoms with Crippen LogP contribution in [0, 0.1) is 6.92 Å². The molecule has 0 aliphatic heterocycles. The van der Waals surface area contributed by atoms with Gasteiger partial charge in [-0.15, -0.1) is 0 Å². The zero-order valence-electron chi connectivity index (χ0n) is 22.5. The Bertz CT molecular complexity index is 1340. The minimum Gasteiger partial charge on any atom is -0.493 e. The van der Waals surface area contributed by atoms with Gasteiger partial charge in [-0.05, 0) is 74.6 Å². The van der Waals surface area contributed by atoms with Gasteiger partial charge in [-0.25, -0.2) is 14.8 Å². The fourth-order valence-corrected chi connectivity index (χ4v) is 4.28. The van der Waals surface area contributed by atoms with Crippen molar-refractivity contribution < 1.29 is 14.3 Å². The summed E-state index contributed by atoms with van der Waals surface area (Å²) in [6.45, 7) is 3.89. The summed E-state index contributed by atoms with van der Waals surface area (Å²) in [7, 11) is 1.60. The van der Waals surface area contributed by atoms with Gasteiger partial charge in [0.2, 0.25) is 0 Å². The van der Waals surface area contributed by atoms with Crippen molar-refractivity contribution in [1.29, 1.82) is 0 Å². The van der Waals surface area contributed by atoms with Crippen LogP contribution < -0.4 is 25.4 Å². The Balaban J connectivity index is 1.37. The number of hydrogen-bond donors (Lipinski definition) is 2. The number of rotatable bonds is 13. The average molecular weight is 529 g/mol. The van der Waals surface area contributed by atoms with Gasteiger partial charge < -0.3 is 25.1 Å². The van der Waals surface area contributed by atoms with Crippen LogP contribution in [0.5, 0.6) is 11.5 Å². The molecular formula is C30H36N6O3. The number of carbonyl (C=O) groups is 1. The van der Waals surface area contributed by atoms with E-state index in [0.29, 0.717) is 36.2 Å². The minimum atomic E-state index is -0.212. The number of pyridine rings is 1. The van der Waals surface area contributed by atoms with Crippen LogP contribution in [0.1, 0.15) is 30.5 Å². The number of ether oxygens (including phenoxy) is 2. The summed E-state index contributed by atoms with van der Waals surface area (Å²) >= 11 is 0. The monoisotopic (exact) mass is 528 g/mol. The summed E-state index contributed by atoms with van der Waals surface area (Å²) < 4.78 is 13.7. The second-order valence-electron chi connectivity index (χ2n) is 9.21. The predicted molar refractivity (Wildman–Crippen MR) is 154 cm³/mol. The van der Waals surface area contributed by atoms with E-state index in [1.807, 2.05) is 73.8 Å². The van der Waals surface area contributed by atoms with Crippen molar-refractivity contribution in [3.8, 4) is 11.5 Å². The van der Waals surface area contributed by atoms with Gasteiger partial charge in [-0.3, -0.25) is 4.90 Å². The summed E-state index contributed by atoms with van der Waals surface area (Å²) in [6.07, 6.45) is 8.91. The lowest BCUT2D eigenvalue weighted by Crippen LogP contribution is -2.37. The Morgan fingerprint density at radius 3 is 2.62 bits per heavy atom. The highest BCUT2D eigenvalue weighted by Crippen LogP contribution is 2.35. The third-order valence-electron chi connectivity index (χ3n) is 6.36. The van der Waals surface area contributed by atoms with E-state index in [1.54, 1.807) is 24.5 Å². The molecule has 4 aromatic rings. The lowest BCUT2D eigenvalue weighted by atomic mass is 10.1. The molecule has 0 aliphatic rings. The van der Waals surface area contributed by atoms with E-state index >= 15 is 0 Å². The second-order valence-corrected chi connectivity index (χ2v) is 9.21. The van der Waals surface area contributed by atoms with Crippen molar-refractivity contribution in [1.82, 2.24) is 19.9 Å². The molecule has 2 aromatic carbocycles. The predicted octanol–water partition coefficient (Wildman–Crippen LogP) is 5.52. The molecule has 9 heteroatoms. The number of hydrogen-bond acceptors (Lipinski definition) is 6. The Kier molecular flexibility index (Phi) is 9.77. The summed E-state index contributed by atoms with van der Waals surface area (Å²) in [5, 5.41) is 3.05. The largest absolute Gasteiger partial charge is 0.493 e. The standard InChI is InChI=1S/C30H36N6O3/c1-23-21-32-22-35(23)17-8-15-34-30(37)36(25-10-4-3-5-11-25)26-12-13-27(28(20-26)38-2)39-18-7-6-9-24-14-16-33-29(31)19-24/h3-5,10-14,16,19-22H,6-9,15,17-18H2,1-2H3,(H2,31,33)(H,34,37). The smallest absolute Gasteiger partial charge is 0.326 e. The number of unbranched alkanes of at least 4 members (excludes halogenated alkanes) is 1. The molecule has 0 spiro atoms. The molecule has 0 radical (unpaired) electrons. The number of urea groups is 1. The number of carbonyl (C=O) groups excluding carboxylic acids is 1. The minimum absolute atomic E-state index is 0.212. The van der Waals surface area contributed by atoms with Crippen LogP contribution in [0.3, 0.4) is 0 Å². The summed E-state index contributed by atoms with van der Waals surface area (Å²) in [5.74, 6) is 1.74. The molecular weight excluding hydrogens is 492 g/mol. The van der Waals surface area contributed by atoms with Crippen LogP contribution >= 0.6 is 0 Å². The number of nitrogens with two attached hydrogens (primary N) is 1. The molecule has 3 N–H and O–H groups in total. The highest BCUT2D eigenvalue weighted by atomic mass is 16.5. The van der Waals surface area contributed by atoms with E-state index in [1.165, 1.54) is 5.56 Å². The van der Waals surface area contributed by atoms with Gasteiger partial charge in [0.25, 0.3) is 0 Å². The Morgan fingerprint density at radius 1 is 1.03 bits per heavy atom. The van der Waals surface area contributed by atoms with Crippen molar-refractivity contribution in [2.45, 2.75) is 39.2 Å². The first-order chi connectivity index (χ1) is 19.0. The number of anilines is 3. The molecule has 0 bridgehead atoms. The van der Waals surface area contributed by atoms with E-state index in [-0.39, 0.29) is 6.03 Å². The van der Waals surface area contributed by atoms with Gasteiger partial charge in [0.05, 0.1) is 31.4 Å². The van der Waals surface area contributed by atoms with Crippen molar-refractivity contribution >= 4 is 23.2 Å². The van der Waals surface area contributed by atoms with Crippen LogP contribution in [-0.2, 0) is 13.0 Å². The molecule has 0 atom stereocenters. The molecule has 204 valence electrons. The zero-order valence-corrected chi connectivity index (χ0v) is 22.5. The molecule has 9 nitrogen and oxygen atoms in total. The maximum absolute atomic E-state index is 13.4. The molecule has 0 aliphatic carbocycles. The van der Waals surface area contributed by atoms with E-state index in [2.05, 4.69) is 19.9 Å². The third-order valence-corrected chi connectivity index (χ3v) is 6.36. The quantitative estimate of drug-likeness (QED) is 0.221. The van der Waals surface area contributed by atoms with Gasteiger partial charge in [0, 0.05) is 37.2 Å². The Labute approximate surface area is 229 Å². The maximum atomic E-state index is 13.4. The van der Waals surface area contributed by atoms with E-state index in [0.717, 1.165) is 43.6 Å². The lowest BCUT2D eigenvalue weighted by molar-refractivity contribution is 0.248. The molecule has 39 heavy (non-hydrogen) atoms. The topological polar surface area (TPSA) is 108 Å². The van der Waals surface area contributed by atoms with Crippen molar-refractivity contribution in [3.63, 3.8) is 0 Å². The van der Waals surface area contributed by atoms with E-state index < -0.39 is 0 Å². The summed E-state index contributed by atoms with van der Waals surface area (Å²) in [5.41, 5.74) is 9.46. The van der Waals surface area contributed by atoms with Crippen molar-refractivity contribution in [2.75, 3.05) is 30.9 Å². The summed E-state index contributed by atoms with van der Waals surface area (Å²) in [6, 6.07) is 18.8. The number of nitrogen functional groups attached to an aromatic ring is 1. The number of imidazole rings is 1. The molecule has 2 heterocycles. The first-order valence-electron chi connectivity index (χ1n) is 13.2. The Hall–Kier alpha value is -4.53. The number of nitrogens with one attached hydrogen (secondary N) is 1. The second kappa shape index (κ2) is 13.9. The molecule has 0 unspecified atom stereocenters.